The van der Waals surface area contributed by atoms with Gasteiger partial charge in [-0.25, -0.2) is 0 Å². The highest BCUT2D eigenvalue weighted by molar-refractivity contribution is 5.93. The fourth-order valence-electron chi connectivity index (χ4n) is 3.82. The van der Waals surface area contributed by atoms with E-state index in [1.165, 1.54) is 19.3 Å². The number of carbonyl (C=O) groups excluding carboxylic acids is 1. The fourth-order valence-corrected chi connectivity index (χ4v) is 3.82. The first kappa shape index (κ1) is 11.8. The van der Waals surface area contributed by atoms with Crippen molar-refractivity contribution in [3.05, 3.63) is 24.0 Å². The van der Waals surface area contributed by atoms with Crippen LogP contribution in [0.3, 0.4) is 0 Å². The lowest BCUT2D eigenvalue weighted by Crippen LogP contribution is -2.45. The Balaban J connectivity index is 1.73. The van der Waals surface area contributed by atoms with E-state index in [-0.39, 0.29) is 24.5 Å². The normalized spacial score (nSPS) is 33.9. The SMILES string of the molecule is Cn1cccc1C(=O)NC1C2CCC(C2)C1CO. The number of carbonyl (C=O) groups is 1. The Hall–Kier alpha value is -1.29. The summed E-state index contributed by atoms with van der Waals surface area (Å²) in [4.78, 5) is 12.2. The minimum Gasteiger partial charge on any atom is -0.396 e. The number of amides is 1. The van der Waals surface area contributed by atoms with E-state index in [0.717, 1.165) is 0 Å². The van der Waals surface area contributed by atoms with Crippen molar-refractivity contribution in [1.82, 2.24) is 9.88 Å². The van der Waals surface area contributed by atoms with Gasteiger partial charge in [0.15, 0.2) is 0 Å². The van der Waals surface area contributed by atoms with Crippen LogP contribution in [0.25, 0.3) is 0 Å². The minimum atomic E-state index is -0.0153. The van der Waals surface area contributed by atoms with Crippen molar-refractivity contribution in [2.45, 2.75) is 25.3 Å². The fraction of sp³-hybridized carbons (Fsp3) is 0.643. The smallest absolute Gasteiger partial charge is 0.268 e. The Morgan fingerprint density at radius 1 is 1.50 bits per heavy atom. The Labute approximate surface area is 107 Å². The second-order valence-corrected chi connectivity index (χ2v) is 5.68. The minimum absolute atomic E-state index is 0.0153. The van der Waals surface area contributed by atoms with Gasteiger partial charge < -0.3 is 15.0 Å². The average Bonchev–Trinajstić information content (AvgIpc) is 3.03. The number of fused-ring (bicyclic) bond motifs is 2. The molecule has 1 amide bonds. The molecular formula is C14H20N2O2. The van der Waals surface area contributed by atoms with Crippen LogP contribution in [0.5, 0.6) is 0 Å². The molecule has 0 saturated heterocycles. The van der Waals surface area contributed by atoms with Crippen molar-refractivity contribution in [2.24, 2.45) is 24.8 Å². The number of aromatic nitrogens is 1. The first-order valence-electron chi connectivity index (χ1n) is 6.73. The number of aliphatic hydroxyl groups is 1. The van der Waals surface area contributed by atoms with E-state index in [1.807, 2.05) is 29.9 Å². The van der Waals surface area contributed by atoms with Crippen molar-refractivity contribution in [3.8, 4) is 0 Å². The summed E-state index contributed by atoms with van der Waals surface area (Å²) < 4.78 is 1.83. The number of rotatable bonds is 3. The third-order valence-corrected chi connectivity index (χ3v) is 4.77. The second-order valence-electron chi connectivity index (χ2n) is 5.68. The number of aryl methyl sites for hydroxylation is 1. The van der Waals surface area contributed by atoms with E-state index in [9.17, 15) is 9.90 Å². The van der Waals surface area contributed by atoms with Crippen LogP contribution in [0.1, 0.15) is 29.8 Å². The van der Waals surface area contributed by atoms with Crippen molar-refractivity contribution in [3.63, 3.8) is 0 Å². The highest BCUT2D eigenvalue weighted by atomic mass is 16.3. The summed E-state index contributed by atoms with van der Waals surface area (Å²) in [5.74, 6) is 1.42. The largest absolute Gasteiger partial charge is 0.396 e. The van der Waals surface area contributed by atoms with Crippen molar-refractivity contribution in [1.29, 1.82) is 0 Å². The second kappa shape index (κ2) is 4.43. The van der Waals surface area contributed by atoms with Crippen LogP contribution in [0, 0.1) is 17.8 Å². The highest BCUT2D eigenvalue weighted by Crippen LogP contribution is 2.48. The Kier molecular flexibility index (Phi) is 2.90. The van der Waals surface area contributed by atoms with Crippen LogP contribution in [0.4, 0.5) is 0 Å². The van der Waals surface area contributed by atoms with Crippen LogP contribution < -0.4 is 5.32 Å². The lowest BCUT2D eigenvalue weighted by molar-refractivity contribution is 0.0853. The molecule has 2 aliphatic carbocycles. The van der Waals surface area contributed by atoms with E-state index in [0.29, 0.717) is 17.5 Å². The zero-order valence-electron chi connectivity index (χ0n) is 10.7. The van der Waals surface area contributed by atoms with Gasteiger partial charge in [0.2, 0.25) is 0 Å². The molecule has 4 atom stereocenters. The molecule has 2 bridgehead atoms. The zero-order valence-corrected chi connectivity index (χ0v) is 10.7. The number of hydrogen-bond acceptors (Lipinski definition) is 2. The molecule has 4 nitrogen and oxygen atoms in total. The van der Waals surface area contributed by atoms with Gasteiger partial charge in [-0.1, -0.05) is 0 Å². The third-order valence-electron chi connectivity index (χ3n) is 4.77. The molecule has 2 aliphatic rings. The molecule has 1 aromatic rings. The molecule has 18 heavy (non-hydrogen) atoms. The number of nitrogens with one attached hydrogen (secondary N) is 1. The lowest BCUT2D eigenvalue weighted by Gasteiger charge is -2.30. The van der Waals surface area contributed by atoms with Gasteiger partial charge >= 0.3 is 0 Å². The zero-order chi connectivity index (χ0) is 12.7. The van der Waals surface area contributed by atoms with Gasteiger partial charge in [-0.15, -0.1) is 0 Å². The van der Waals surface area contributed by atoms with Gasteiger partial charge in [0.05, 0.1) is 0 Å². The predicted octanol–water partition coefficient (Wildman–Crippen LogP) is 1.16. The summed E-state index contributed by atoms with van der Waals surface area (Å²) in [5, 5.41) is 12.6. The van der Waals surface area contributed by atoms with E-state index in [4.69, 9.17) is 0 Å². The van der Waals surface area contributed by atoms with Crippen molar-refractivity contribution < 1.29 is 9.90 Å². The molecule has 1 heterocycles. The number of nitrogens with zero attached hydrogens (tertiary/aromatic N) is 1. The van der Waals surface area contributed by atoms with E-state index >= 15 is 0 Å². The van der Waals surface area contributed by atoms with E-state index in [1.54, 1.807) is 0 Å². The lowest BCUT2D eigenvalue weighted by atomic mass is 9.85. The third kappa shape index (κ3) is 1.75. The molecule has 4 unspecified atom stereocenters. The maximum atomic E-state index is 12.2. The molecule has 0 aromatic carbocycles. The van der Waals surface area contributed by atoms with E-state index in [2.05, 4.69) is 5.32 Å². The van der Waals surface area contributed by atoms with Crippen LogP contribution in [-0.4, -0.2) is 28.2 Å². The molecule has 1 aromatic heterocycles. The maximum absolute atomic E-state index is 12.2. The standard InChI is InChI=1S/C14H20N2O2/c1-16-6-2-3-12(16)14(18)15-13-10-5-4-9(7-10)11(13)8-17/h2-3,6,9-11,13,17H,4-5,7-8H2,1H3,(H,15,18). The summed E-state index contributed by atoms with van der Waals surface area (Å²) in [6.07, 6.45) is 5.45. The van der Waals surface area contributed by atoms with Crippen molar-refractivity contribution in [2.75, 3.05) is 6.61 Å². The van der Waals surface area contributed by atoms with Crippen LogP contribution >= 0.6 is 0 Å². The molecule has 0 radical (unpaired) electrons. The first-order valence-corrected chi connectivity index (χ1v) is 6.73. The van der Waals surface area contributed by atoms with Gasteiger partial charge in [-0.2, -0.15) is 0 Å². The molecule has 2 saturated carbocycles. The van der Waals surface area contributed by atoms with Crippen LogP contribution in [0.2, 0.25) is 0 Å². The molecule has 4 heteroatoms. The summed E-state index contributed by atoms with van der Waals surface area (Å²) in [5.41, 5.74) is 0.689. The molecule has 3 rings (SSSR count). The quantitative estimate of drug-likeness (QED) is 0.843. The average molecular weight is 248 g/mol. The number of hydrogen-bond donors (Lipinski definition) is 2. The highest BCUT2D eigenvalue weighted by Gasteiger charge is 2.47. The van der Waals surface area contributed by atoms with Gasteiger partial charge in [0.25, 0.3) is 5.91 Å². The molecule has 2 fully saturated rings. The van der Waals surface area contributed by atoms with Gasteiger partial charge in [-0.3, -0.25) is 4.79 Å². The van der Waals surface area contributed by atoms with Crippen molar-refractivity contribution >= 4 is 5.91 Å². The first-order chi connectivity index (χ1) is 8.70. The summed E-state index contributed by atoms with van der Waals surface area (Å²) in [6, 6.07) is 3.87. The topological polar surface area (TPSA) is 54.3 Å². The molecule has 0 aliphatic heterocycles. The number of aliphatic hydroxyl groups excluding tert-OH is 1. The van der Waals surface area contributed by atoms with Gasteiger partial charge in [-0.05, 0) is 43.2 Å². The Morgan fingerprint density at radius 2 is 2.28 bits per heavy atom. The van der Waals surface area contributed by atoms with Gasteiger partial charge in [0.1, 0.15) is 5.69 Å². The molecule has 98 valence electrons. The van der Waals surface area contributed by atoms with Crippen LogP contribution in [0.15, 0.2) is 18.3 Å². The molecular weight excluding hydrogens is 228 g/mol. The summed E-state index contributed by atoms with van der Waals surface area (Å²) >= 11 is 0. The Morgan fingerprint density at radius 3 is 2.94 bits per heavy atom. The summed E-state index contributed by atoms with van der Waals surface area (Å²) in [6.45, 7) is 0.194. The maximum Gasteiger partial charge on any atom is 0.268 e. The Bertz CT molecular complexity index is 454. The monoisotopic (exact) mass is 248 g/mol. The van der Waals surface area contributed by atoms with Gasteiger partial charge in [0, 0.05) is 31.8 Å². The molecule has 0 spiro atoms. The summed E-state index contributed by atoms with van der Waals surface area (Å²) in [7, 11) is 1.87. The van der Waals surface area contributed by atoms with E-state index < -0.39 is 0 Å². The molecule has 2 N–H and O–H groups in total. The predicted molar refractivity (Wildman–Crippen MR) is 68.1 cm³/mol. The van der Waals surface area contributed by atoms with Crippen LogP contribution in [-0.2, 0) is 7.05 Å².